The Morgan fingerprint density at radius 1 is 1.23 bits per heavy atom. The maximum absolute atomic E-state index is 13.1. The van der Waals surface area contributed by atoms with Crippen LogP contribution in [0.1, 0.15) is 44.2 Å². The minimum Gasteiger partial charge on any atom is -0.353 e. The molecule has 2 aliphatic heterocycles. The van der Waals surface area contributed by atoms with E-state index in [0.717, 1.165) is 31.5 Å². The molecule has 0 unspecified atom stereocenters. The molecule has 5 nitrogen and oxygen atoms in total. The molecule has 0 bridgehead atoms. The molecule has 6 heteroatoms. The van der Waals surface area contributed by atoms with Gasteiger partial charge in [0.25, 0.3) is 0 Å². The van der Waals surface area contributed by atoms with Crippen LogP contribution < -0.4 is 5.32 Å². The van der Waals surface area contributed by atoms with Crippen LogP contribution in [0, 0.1) is 5.92 Å². The summed E-state index contributed by atoms with van der Waals surface area (Å²) >= 11 is 6.43. The normalized spacial score (nSPS) is 25.3. The number of rotatable bonds is 4. The van der Waals surface area contributed by atoms with Crippen LogP contribution in [-0.4, -0.2) is 54.3 Å². The fourth-order valence-corrected chi connectivity index (χ4v) is 4.41. The van der Waals surface area contributed by atoms with Crippen molar-refractivity contribution in [2.24, 2.45) is 5.92 Å². The Balaban J connectivity index is 1.82. The lowest BCUT2D eigenvalue weighted by molar-refractivity contribution is -0.143. The van der Waals surface area contributed by atoms with Gasteiger partial charge in [-0.2, -0.15) is 0 Å². The summed E-state index contributed by atoms with van der Waals surface area (Å²) in [5.41, 5.74) is 0.868. The molecule has 2 saturated heterocycles. The molecule has 142 valence electrons. The Morgan fingerprint density at radius 3 is 2.58 bits per heavy atom. The Bertz CT molecular complexity index is 658. The van der Waals surface area contributed by atoms with E-state index in [1.165, 1.54) is 0 Å². The molecule has 2 aliphatic rings. The zero-order chi connectivity index (χ0) is 18.7. The predicted molar refractivity (Wildman–Crippen MR) is 103 cm³/mol. The number of carbonyl (C=O) groups excluding carboxylic acids is 2. The Kier molecular flexibility index (Phi) is 6.20. The average molecular weight is 378 g/mol. The lowest BCUT2D eigenvalue weighted by Gasteiger charge is -2.41. The van der Waals surface area contributed by atoms with Crippen molar-refractivity contribution in [2.75, 3.05) is 26.7 Å². The van der Waals surface area contributed by atoms with Gasteiger partial charge in [0.15, 0.2) is 0 Å². The lowest BCUT2D eigenvalue weighted by atomic mass is 9.83. The van der Waals surface area contributed by atoms with Gasteiger partial charge in [-0.1, -0.05) is 29.8 Å². The molecule has 3 rings (SSSR count). The third kappa shape index (κ3) is 4.04. The molecule has 1 aromatic rings. The van der Waals surface area contributed by atoms with E-state index in [2.05, 4.69) is 17.3 Å². The summed E-state index contributed by atoms with van der Waals surface area (Å²) in [7, 11) is 2.11. The van der Waals surface area contributed by atoms with Crippen LogP contribution in [0.15, 0.2) is 24.3 Å². The Morgan fingerprint density at radius 2 is 1.92 bits per heavy atom. The van der Waals surface area contributed by atoms with Crippen molar-refractivity contribution in [3.05, 3.63) is 34.9 Å². The molecule has 1 N–H and O–H groups in total. The molecule has 0 radical (unpaired) electrons. The highest BCUT2D eigenvalue weighted by Crippen LogP contribution is 2.39. The molecule has 1 aromatic carbocycles. The first-order chi connectivity index (χ1) is 12.5. The lowest BCUT2D eigenvalue weighted by Crippen LogP contribution is -2.51. The molecule has 0 aromatic heterocycles. The molecule has 2 heterocycles. The van der Waals surface area contributed by atoms with Crippen molar-refractivity contribution in [1.29, 1.82) is 0 Å². The molecule has 2 fully saturated rings. The highest BCUT2D eigenvalue weighted by molar-refractivity contribution is 6.31. The van der Waals surface area contributed by atoms with Gasteiger partial charge in [0.05, 0.1) is 12.0 Å². The zero-order valence-corrected chi connectivity index (χ0v) is 16.3. The first kappa shape index (κ1) is 19.2. The molecule has 2 amide bonds. The minimum atomic E-state index is -0.291. The Labute approximate surface area is 160 Å². The number of carbonyl (C=O) groups is 2. The summed E-state index contributed by atoms with van der Waals surface area (Å²) in [5.74, 6) is -0.108. The van der Waals surface area contributed by atoms with E-state index in [9.17, 15) is 9.59 Å². The molecule has 26 heavy (non-hydrogen) atoms. The highest BCUT2D eigenvalue weighted by Gasteiger charge is 2.41. The van der Waals surface area contributed by atoms with E-state index in [1.54, 1.807) is 0 Å². The van der Waals surface area contributed by atoms with E-state index in [4.69, 9.17) is 11.6 Å². The second-order valence-electron chi connectivity index (χ2n) is 7.38. The van der Waals surface area contributed by atoms with Crippen molar-refractivity contribution in [3.63, 3.8) is 0 Å². The topological polar surface area (TPSA) is 52.7 Å². The van der Waals surface area contributed by atoms with Crippen LogP contribution in [-0.2, 0) is 9.59 Å². The quantitative estimate of drug-likeness (QED) is 0.877. The smallest absolute Gasteiger partial charge is 0.225 e. The molecule has 0 aliphatic carbocycles. The summed E-state index contributed by atoms with van der Waals surface area (Å²) in [6.45, 7) is 4.54. The summed E-state index contributed by atoms with van der Waals surface area (Å²) in [6, 6.07) is 7.49. The number of hydrogen-bond acceptors (Lipinski definition) is 3. The van der Waals surface area contributed by atoms with Crippen molar-refractivity contribution in [2.45, 2.75) is 44.7 Å². The van der Waals surface area contributed by atoms with Crippen LogP contribution in [0.25, 0.3) is 0 Å². The van der Waals surface area contributed by atoms with Crippen molar-refractivity contribution in [1.82, 2.24) is 15.1 Å². The zero-order valence-electron chi connectivity index (χ0n) is 15.6. The largest absolute Gasteiger partial charge is 0.353 e. The molecular formula is C20H28ClN3O2. The highest BCUT2D eigenvalue weighted by atomic mass is 35.5. The van der Waals surface area contributed by atoms with Gasteiger partial charge >= 0.3 is 0 Å². The number of amides is 2. The van der Waals surface area contributed by atoms with Gasteiger partial charge in [0.1, 0.15) is 0 Å². The number of likely N-dealkylation sites (tertiary alicyclic amines) is 2. The maximum atomic E-state index is 13.1. The van der Waals surface area contributed by atoms with Crippen LogP contribution in [0.2, 0.25) is 5.02 Å². The summed E-state index contributed by atoms with van der Waals surface area (Å²) in [4.78, 5) is 29.7. The van der Waals surface area contributed by atoms with Crippen LogP contribution in [0.5, 0.6) is 0 Å². The second-order valence-corrected chi connectivity index (χ2v) is 7.78. The molecule has 0 saturated carbocycles. The van der Waals surface area contributed by atoms with Gasteiger partial charge in [-0.25, -0.2) is 0 Å². The van der Waals surface area contributed by atoms with E-state index in [1.807, 2.05) is 36.1 Å². The van der Waals surface area contributed by atoms with Gasteiger partial charge in [-0.3, -0.25) is 9.59 Å². The number of halogens is 1. The SMILES string of the molecule is CCN1C(=O)CC[C@@H](C(=O)NC2CCN(C)CC2)[C@@H]1c1ccccc1Cl. The van der Waals surface area contributed by atoms with Crippen LogP contribution in [0.4, 0.5) is 0 Å². The second kappa shape index (κ2) is 8.40. The van der Waals surface area contributed by atoms with Gasteiger partial charge in [-0.05, 0) is 58.0 Å². The van der Waals surface area contributed by atoms with Gasteiger partial charge < -0.3 is 15.1 Å². The first-order valence-corrected chi connectivity index (χ1v) is 9.92. The van der Waals surface area contributed by atoms with Gasteiger partial charge in [-0.15, -0.1) is 0 Å². The van der Waals surface area contributed by atoms with E-state index in [-0.39, 0.29) is 29.8 Å². The number of nitrogens with one attached hydrogen (secondary N) is 1. The third-order valence-electron chi connectivity index (χ3n) is 5.67. The van der Waals surface area contributed by atoms with Crippen molar-refractivity contribution >= 4 is 23.4 Å². The molecular weight excluding hydrogens is 350 g/mol. The molecule has 2 atom stereocenters. The number of hydrogen-bond donors (Lipinski definition) is 1. The predicted octanol–water partition coefficient (Wildman–Crippen LogP) is 2.85. The monoisotopic (exact) mass is 377 g/mol. The summed E-state index contributed by atoms with van der Waals surface area (Å²) in [6.07, 6.45) is 2.94. The number of nitrogens with zero attached hydrogens (tertiary/aromatic N) is 2. The van der Waals surface area contributed by atoms with Gasteiger partial charge in [0, 0.05) is 24.0 Å². The standard InChI is InChI=1S/C20H28ClN3O2/c1-3-24-18(25)9-8-16(19(24)15-6-4-5-7-17(15)21)20(26)22-14-10-12-23(2)13-11-14/h4-7,14,16,19H,3,8-13H2,1-2H3,(H,22,26)/t16-,19+/m1/s1. The first-order valence-electron chi connectivity index (χ1n) is 9.54. The fourth-order valence-electron chi connectivity index (χ4n) is 4.16. The van der Waals surface area contributed by atoms with Crippen molar-refractivity contribution in [3.8, 4) is 0 Å². The number of piperidine rings is 2. The van der Waals surface area contributed by atoms with Crippen LogP contribution >= 0.6 is 11.6 Å². The van der Waals surface area contributed by atoms with Crippen molar-refractivity contribution < 1.29 is 9.59 Å². The average Bonchev–Trinajstić information content (AvgIpc) is 2.63. The van der Waals surface area contributed by atoms with E-state index >= 15 is 0 Å². The number of benzene rings is 1. The third-order valence-corrected chi connectivity index (χ3v) is 6.02. The minimum absolute atomic E-state index is 0.0513. The Hall–Kier alpha value is -1.59. The van der Waals surface area contributed by atoms with Crippen LogP contribution in [0.3, 0.4) is 0 Å². The summed E-state index contributed by atoms with van der Waals surface area (Å²) < 4.78 is 0. The fraction of sp³-hybridized carbons (Fsp3) is 0.600. The van der Waals surface area contributed by atoms with Gasteiger partial charge in [0.2, 0.25) is 11.8 Å². The van der Waals surface area contributed by atoms with E-state index in [0.29, 0.717) is 24.4 Å². The maximum Gasteiger partial charge on any atom is 0.225 e. The van der Waals surface area contributed by atoms with E-state index < -0.39 is 0 Å². The molecule has 0 spiro atoms. The summed E-state index contributed by atoms with van der Waals surface area (Å²) in [5, 5.41) is 3.85.